The molecule has 1 aromatic rings. The molecule has 152 valence electrons. The summed E-state index contributed by atoms with van der Waals surface area (Å²) < 4.78 is 0. The molecule has 0 spiro atoms. The molecule has 6 rings (SSSR count). The Bertz CT molecular complexity index is 740. The number of hydrogen-bond acceptors (Lipinski definition) is 2. The zero-order valence-corrected chi connectivity index (χ0v) is 17.4. The lowest BCUT2D eigenvalue weighted by molar-refractivity contribution is -0.161. The highest BCUT2D eigenvalue weighted by molar-refractivity contribution is 5.84. The van der Waals surface area contributed by atoms with E-state index < -0.39 is 0 Å². The van der Waals surface area contributed by atoms with Crippen molar-refractivity contribution in [3.8, 4) is 0 Å². The van der Waals surface area contributed by atoms with Crippen LogP contribution in [0, 0.1) is 22.7 Å². The first-order chi connectivity index (χ1) is 13.4. The van der Waals surface area contributed by atoms with Crippen LogP contribution < -0.4 is 11.1 Å². The Kier molecular flexibility index (Phi) is 4.39. The van der Waals surface area contributed by atoms with E-state index in [1.807, 2.05) is 0 Å². The number of amides is 1. The Morgan fingerprint density at radius 2 is 1.79 bits per heavy atom. The number of rotatable bonds is 4. The average molecular weight is 381 g/mol. The quantitative estimate of drug-likeness (QED) is 0.805. The summed E-state index contributed by atoms with van der Waals surface area (Å²) in [5, 5.41) is 3.53. The zero-order valence-electron chi connectivity index (χ0n) is 17.4. The van der Waals surface area contributed by atoms with Gasteiger partial charge in [0.1, 0.15) is 0 Å². The first kappa shape index (κ1) is 18.7. The van der Waals surface area contributed by atoms with Gasteiger partial charge in [-0.05, 0) is 99.0 Å². The lowest BCUT2D eigenvalue weighted by atomic mass is 9.38. The predicted octanol–water partition coefficient (Wildman–Crippen LogP) is 4.55. The van der Waals surface area contributed by atoms with Crippen LogP contribution in [0.25, 0.3) is 0 Å². The third-order valence-electron chi connectivity index (χ3n) is 8.73. The molecule has 0 heterocycles. The fraction of sp³-hybridized carbons (Fsp3) is 0.720. The van der Waals surface area contributed by atoms with E-state index in [0.29, 0.717) is 29.2 Å². The van der Waals surface area contributed by atoms with Gasteiger partial charge in [0.2, 0.25) is 5.91 Å². The lowest BCUT2D eigenvalue weighted by Gasteiger charge is -2.65. The minimum atomic E-state index is -0.144. The van der Waals surface area contributed by atoms with E-state index in [1.54, 1.807) is 0 Å². The fourth-order valence-corrected chi connectivity index (χ4v) is 8.17. The molecule has 5 aliphatic rings. The lowest BCUT2D eigenvalue weighted by Crippen LogP contribution is -2.62. The minimum Gasteiger partial charge on any atom is -0.353 e. The van der Waals surface area contributed by atoms with Crippen molar-refractivity contribution < 1.29 is 4.79 Å². The number of nitrogens with one attached hydrogen (secondary N) is 1. The SMILES string of the molecule is C[C@@]12CC3C[C@](C(=O)NC4CCC(CN)CC4)(C1)C[C@](c1ccccc1)(C3)C2. The summed E-state index contributed by atoms with van der Waals surface area (Å²) in [5.41, 5.74) is 7.72. The van der Waals surface area contributed by atoms with E-state index in [-0.39, 0.29) is 10.8 Å². The molecular formula is C25H36N2O. The van der Waals surface area contributed by atoms with Crippen molar-refractivity contribution in [3.63, 3.8) is 0 Å². The van der Waals surface area contributed by atoms with E-state index in [2.05, 4.69) is 42.6 Å². The van der Waals surface area contributed by atoms with Crippen LogP contribution in [0.4, 0.5) is 0 Å². The second-order valence-corrected chi connectivity index (χ2v) is 11.2. The predicted molar refractivity (Wildman–Crippen MR) is 113 cm³/mol. The number of carbonyl (C=O) groups is 1. The van der Waals surface area contributed by atoms with Crippen molar-refractivity contribution in [2.24, 2.45) is 28.4 Å². The maximum atomic E-state index is 13.7. The third kappa shape index (κ3) is 3.01. The van der Waals surface area contributed by atoms with E-state index >= 15 is 0 Å². The summed E-state index contributed by atoms with van der Waals surface area (Å²) in [4.78, 5) is 13.7. The molecular weight excluding hydrogens is 344 g/mol. The first-order valence-electron chi connectivity index (χ1n) is 11.5. The van der Waals surface area contributed by atoms with Crippen molar-refractivity contribution in [1.82, 2.24) is 5.32 Å². The third-order valence-corrected chi connectivity index (χ3v) is 8.73. The Hall–Kier alpha value is -1.35. The van der Waals surface area contributed by atoms with Crippen molar-refractivity contribution in [2.45, 2.75) is 82.6 Å². The molecule has 3 N–H and O–H groups in total. The number of carbonyl (C=O) groups excluding carboxylic acids is 1. The van der Waals surface area contributed by atoms with E-state index in [9.17, 15) is 4.79 Å². The minimum absolute atomic E-state index is 0.144. The van der Waals surface area contributed by atoms with Crippen LogP contribution in [0.3, 0.4) is 0 Å². The molecule has 0 aromatic heterocycles. The van der Waals surface area contributed by atoms with Crippen LogP contribution in [0.15, 0.2) is 30.3 Å². The average Bonchev–Trinajstić information content (AvgIpc) is 2.67. The topological polar surface area (TPSA) is 55.1 Å². The largest absolute Gasteiger partial charge is 0.353 e. The standard InChI is InChI=1S/C25H36N2O/c1-23-11-19-12-24(15-23,20-5-3-2-4-6-20)17-25(13-19,16-23)22(28)27-21-9-7-18(14-26)8-10-21/h2-6,18-19,21H,7-17,26H2,1H3,(H,27,28)/t18?,19?,21?,23-,24-,25-/m0/s1. The first-order valence-corrected chi connectivity index (χ1v) is 11.5. The van der Waals surface area contributed by atoms with Gasteiger partial charge in [-0.15, -0.1) is 0 Å². The van der Waals surface area contributed by atoms with Gasteiger partial charge in [-0.1, -0.05) is 37.3 Å². The Morgan fingerprint density at radius 3 is 2.46 bits per heavy atom. The van der Waals surface area contributed by atoms with Gasteiger partial charge in [0.25, 0.3) is 0 Å². The monoisotopic (exact) mass is 380 g/mol. The van der Waals surface area contributed by atoms with Crippen molar-refractivity contribution in [3.05, 3.63) is 35.9 Å². The van der Waals surface area contributed by atoms with E-state index in [4.69, 9.17) is 5.73 Å². The molecule has 0 radical (unpaired) electrons. The molecule has 3 nitrogen and oxygen atoms in total. The van der Waals surface area contributed by atoms with Gasteiger partial charge in [-0.3, -0.25) is 4.79 Å². The van der Waals surface area contributed by atoms with Gasteiger partial charge in [-0.25, -0.2) is 0 Å². The summed E-state index contributed by atoms with van der Waals surface area (Å²) in [6.45, 7) is 3.26. The molecule has 5 saturated carbocycles. The Balaban J connectivity index is 1.39. The maximum Gasteiger partial charge on any atom is 0.226 e. The summed E-state index contributed by atoms with van der Waals surface area (Å²) in [6.07, 6.45) is 11.7. The molecule has 1 amide bonds. The van der Waals surface area contributed by atoms with Crippen molar-refractivity contribution in [1.29, 1.82) is 0 Å². The smallest absolute Gasteiger partial charge is 0.226 e. The van der Waals surface area contributed by atoms with Crippen LogP contribution in [0.5, 0.6) is 0 Å². The van der Waals surface area contributed by atoms with Gasteiger partial charge in [0.05, 0.1) is 5.41 Å². The second-order valence-electron chi connectivity index (χ2n) is 11.2. The van der Waals surface area contributed by atoms with E-state index in [1.165, 1.54) is 37.7 Å². The molecule has 0 aliphatic heterocycles. The highest BCUT2D eigenvalue weighted by Gasteiger charge is 2.64. The highest BCUT2D eigenvalue weighted by atomic mass is 16.2. The fourth-order valence-electron chi connectivity index (χ4n) is 8.17. The molecule has 5 aliphatic carbocycles. The van der Waals surface area contributed by atoms with Gasteiger partial charge in [0, 0.05) is 6.04 Å². The normalized spacial score (nSPS) is 44.4. The van der Waals surface area contributed by atoms with Crippen LogP contribution in [0.1, 0.15) is 76.7 Å². The molecule has 0 saturated heterocycles. The Labute approximate surface area is 169 Å². The highest BCUT2D eigenvalue weighted by Crippen LogP contribution is 2.70. The molecule has 1 unspecified atom stereocenters. The Morgan fingerprint density at radius 1 is 1.04 bits per heavy atom. The van der Waals surface area contributed by atoms with Crippen LogP contribution >= 0.6 is 0 Å². The van der Waals surface area contributed by atoms with Crippen LogP contribution in [0.2, 0.25) is 0 Å². The van der Waals surface area contributed by atoms with Crippen LogP contribution in [-0.4, -0.2) is 18.5 Å². The second kappa shape index (κ2) is 6.58. The van der Waals surface area contributed by atoms with Crippen LogP contribution in [-0.2, 0) is 10.2 Å². The van der Waals surface area contributed by atoms with Gasteiger partial charge >= 0.3 is 0 Å². The number of benzene rings is 1. The summed E-state index contributed by atoms with van der Waals surface area (Å²) in [7, 11) is 0. The number of nitrogens with two attached hydrogens (primary N) is 1. The molecule has 3 heteroatoms. The molecule has 5 fully saturated rings. The maximum absolute atomic E-state index is 13.7. The molecule has 4 bridgehead atoms. The van der Waals surface area contributed by atoms with Gasteiger partial charge in [-0.2, -0.15) is 0 Å². The summed E-state index contributed by atoms with van der Waals surface area (Å²) >= 11 is 0. The molecule has 28 heavy (non-hydrogen) atoms. The van der Waals surface area contributed by atoms with Gasteiger partial charge < -0.3 is 11.1 Å². The van der Waals surface area contributed by atoms with E-state index in [0.717, 1.165) is 38.6 Å². The number of hydrogen-bond donors (Lipinski definition) is 2. The molecule has 1 aromatic carbocycles. The summed E-state index contributed by atoms with van der Waals surface area (Å²) in [6, 6.07) is 11.5. The van der Waals surface area contributed by atoms with Crippen molar-refractivity contribution >= 4 is 5.91 Å². The van der Waals surface area contributed by atoms with Crippen molar-refractivity contribution in [2.75, 3.05) is 6.54 Å². The zero-order chi connectivity index (χ0) is 19.4. The molecule has 4 atom stereocenters. The van der Waals surface area contributed by atoms with Gasteiger partial charge in [0.15, 0.2) is 0 Å². The summed E-state index contributed by atoms with van der Waals surface area (Å²) in [5.74, 6) is 1.74.